The van der Waals surface area contributed by atoms with Crippen molar-refractivity contribution in [3.63, 3.8) is 0 Å². The van der Waals surface area contributed by atoms with Crippen LogP contribution in [0.5, 0.6) is 5.75 Å². The molecule has 1 saturated heterocycles. The summed E-state index contributed by atoms with van der Waals surface area (Å²) in [6, 6.07) is 5.57. The smallest absolute Gasteiger partial charge is 0.289 e. The van der Waals surface area contributed by atoms with Crippen molar-refractivity contribution < 1.29 is 19.1 Å². The summed E-state index contributed by atoms with van der Waals surface area (Å²) in [5, 5.41) is 2.92. The number of fused-ring (bicyclic) bond motifs is 1. The maximum absolute atomic E-state index is 13.2. The predicted molar refractivity (Wildman–Crippen MR) is 115 cm³/mol. The summed E-state index contributed by atoms with van der Waals surface area (Å²) in [5.74, 6) is 0.697. The summed E-state index contributed by atoms with van der Waals surface area (Å²) < 4.78 is 12.2. The van der Waals surface area contributed by atoms with E-state index in [1.165, 1.54) is 0 Å². The molecule has 1 aliphatic carbocycles. The second-order valence-corrected chi connectivity index (χ2v) is 8.40. The number of hydrogen-bond donors (Lipinski definition) is 1. The number of halogens is 1. The van der Waals surface area contributed by atoms with Gasteiger partial charge < -0.3 is 19.7 Å². The van der Waals surface area contributed by atoms with Crippen molar-refractivity contribution in [2.75, 3.05) is 20.2 Å². The SMILES string of the molecule is CCCCNC(=O)CN1C(=O)/C(=C\c2ccc(OC)c(Br)c2)OC2CCCCC21. The van der Waals surface area contributed by atoms with Gasteiger partial charge in [-0.2, -0.15) is 0 Å². The first-order valence-corrected chi connectivity index (χ1v) is 11.1. The number of amides is 2. The average molecular weight is 465 g/mol. The largest absolute Gasteiger partial charge is 0.496 e. The Hall–Kier alpha value is -2.02. The monoisotopic (exact) mass is 464 g/mol. The zero-order valence-corrected chi connectivity index (χ0v) is 18.7. The molecule has 2 aliphatic rings. The van der Waals surface area contributed by atoms with Gasteiger partial charge in [-0.05, 0) is 65.4 Å². The van der Waals surface area contributed by atoms with E-state index in [4.69, 9.17) is 9.47 Å². The van der Waals surface area contributed by atoms with E-state index in [2.05, 4.69) is 28.2 Å². The molecule has 0 aromatic heterocycles. The van der Waals surface area contributed by atoms with E-state index in [9.17, 15) is 9.59 Å². The molecule has 0 radical (unpaired) electrons. The Labute approximate surface area is 180 Å². The summed E-state index contributed by atoms with van der Waals surface area (Å²) in [6.07, 6.45) is 7.55. The highest BCUT2D eigenvalue weighted by molar-refractivity contribution is 9.10. The lowest BCUT2D eigenvalue weighted by atomic mass is 9.89. The summed E-state index contributed by atoms with van der Waals surface area (Å²) in [6.45, 7) is 2.81. The molecular formula is C22H29BrN2O4. The molecule has 158 valence electrons. The first-order chi connectivity index (χ1) is 14.0. The van der Waals surface area contributed by atoms with Crippen LogP contribution in [0, 0.1) is 0 Å². The van der Waals surface area contributed by atoms with Gasteiger partial charge in [0.05, 0.1) is 17.6 Å². The molecule has 1 aliphatic heterocycles. The number of nitrogens with zero attached hydrogens (tertiary/aromatic N) is 1. The average Bonchev–Trinajstić information content (AvgIpc) is 2.71. The number of methoxy groups -OCH3 is 1. The van der Waals surface area contributed by atoms with Gasteiger partial charge in [0.15, 0.2) is 5.76 Å². The van der Waals surface area contributed by atoms with Crippen LogP contribution < -0.4 is 10.1 Å². The quantitative estimate of drug-likeness (QED) is 0.490. The van der Waals surface area contributed by atoms with E-state index in [0.29, 0.717) is 12.3 Å². The Morgan fingerprint density at radius 3 is 2.90 bits per heavy atom. The van der Waals surface area contributed by atoms with Crippen LogP contribution in [0.2, 0.25) is 0 Å². The molecule has 7 heteroatoms. The molecule has 0 spiro atoms. The molecule has 2 unspecified atom stereocenters. The van der Waals surface area contributed by atoms with E-state index >= 15 is 0 Å². The van der Waals surface area contributed by atoms with Gasteiger partial charge in [-0.1, -0.05) is 25.8 Å². The standard InChI is InChI=1S/C22H29BrN2O4/c1-3-4-11-24-21(26)14-25-17-7-5-6-8-19(17)29-20(22(25)27)13-15-9-10-18(28-2)16(23)12-15/h9-10,12-13,17,19H,3-8,11,14H2,1-2H3,(H,24,26)/b20-13+. The Bertz CT molecular complexity index is 780. The topological polar surface area (TPSA) is 67.9 Å². The van der Waals surface area contributed by atoms with Crippen molar-refractivity contribution in [3.05, 3.63) is 34.0 Å². The van der Waals surface area contributed by atoms with Crippen molar-refractivity contribution >= 4 is 33.8 Å². The maximum Gasteiger partial charge on any atom is 0.289 e. The van der Waals surface area contributed by atoms with Crippen molar-refractivity contribution in [3.8, 4) is 5.75 Å². The number of nitrogens with one attached hydrogen (secondary N) is 1. The van der Waals surface area contributed by atoms with Crippen LogP contribution in [0.3, 0.4) is 0 Å². The van der Waals surface area contributed by atoms with Gasteiger partial charge in [0.2, 0.25) is 5.91 Å². The molecule has 6 nitrogen and oxygen atoms in total. The minimum absolute atomic E-state index is 0.0343. The highest BCUT2D eigenvalue weighted by atomic mass is 79.9. The molecule has 29 heavy (non-hydrogen) atoms. The summed E-state index contributed by atoms with van der Waals surface area (Å²) >= 11 is 3.47. The number of morpholine rings is 1. The fourth-order valence-electron chi connectivity index (χ4n) is 3.90. The van der Waals surface area contributed by atoms with E-state index in [-0.39, 0.29) is 30.5 Å². The van der Waals surface area contributed by atoms with Crippen LogP contribution in [0.15, 0.2) is 28.4 Å². The Morgan fingerprint density at radius 2 is 2.17 bits per heavy atom. The Balaban J connectivity index is 1.80. The van der Waals surface area contributed by atoms with Crippen molar-refractivity contribution in [2.45, 2.75) is 57.6 Å². The predicted octanol–water partition coefficient (Wildman–Crippen LogP) is 3.88. The second kappa shape index (κ2) is 10.1. The van der Waals surface area contributed by atoms with Gasteiger partial charge >= 0.3 is 0 Å². The number of carbonyl (C=O) groups is 2. The first-order valence-electron chi connectivity index (χ1n) is 10.3. The van der Waals surface area contributed by atoms with Crippen LogP contribution in [-0.2, 0) is 14.3 Å². The van der Waals surface area contributed by atoms with Gasteiger partial charge in [-0.15, -0.1) is 0 Å². The molecule has 2 atom stereocenters. The Morgan fingerprint density at radius 1 is 1.38 bits per heavy atom. The van der Waals surface area contributed by atoms with Crippen LogP contribution in [0.25, 0.3) is 6.08 Å². The van der Waals surface area contributed by atoms with Gasteiger partial charge in [0.1, 0.15) is 18.4 Å². The third-order valence-corrected chi connectivity index (χ3v) is 6.08. The van der Waals surface area contributed by atoms with Gasteiger partial charge in [0.25, 0.3) is 5.91 Å². The number of unbranched alkanes of at least 4 members (excludes halogenated alkanes) is 1. The van der Waals surface area contributed by atoms with E-state index in [1.54, 1.807) is 18.1 Å². The number of rotatable bonds is 7. The highest BCUT2D eigenvalue weighted by Gasteiger charge is 2.42. The molecule has 1 heterocycles. The zero-order valence-electron chi connectivity index (χ0n) is 17.1. The highest BCUT2D eigenvalue weighted by Crippen LogP contribution is 2.34. The summed E-state index contributed by atoms with van der Waals surface area (Å²) in [5.41, 5.74) is 0.836. The van der Waals surface area contributed by atoms with E-state index < -0.39 is 0 Å². The van der Waals surface area contributed by atoms with Crippen LogP contribution >= 0.6 is 15.9 Å². The molecule has 3 rings (SSSR count). The normalized spacial score (nSPS) is 22.8. The number of hydrogen-bond acceptors (Lipinski definition) is 4. The molecule has 2 fully saturated rings. The minimum atomic E-state index is -0.217. The van der Waals surface area contributed by atoms with E-state index in [1.807, 2.05) is 18.2 Å². The lowest BCUT2D eigenvalue weighted by Gasteiger charge is -2.44. The molecule has 1 saturated carbocycles. The number of benzene rings is 1. The van der Waals surface area contributed by atoms with E-state index in [0.717, 1.165) is 54.3 Å². The molecular weight excluding hydrogens is 436 g/mol. The Kier molecular flexibility index (Phi) is 7.58. The molecule has 2 amide bonds. The fraction of sp³-hybridized carbons (Fsp3) is 0.545. The number of ether oxygens (including phenoxy) is 2. The maximum atomic E-state index is 13.2. The summed E-state index contributed by atoms with van der Waals surface area (Å²) in [7, 11) is 1.61. The molecule has 0 bridgehead atoms. The van der Waals surface area contributed by atoms with Gasteiger partial charge in [0, 0.05) is 6.54 Å². The third kappa shape index (κ3) is 5.32. The lowest BCUT2D eigenvalue weighted by molar-refractivity contribution is -0.151. The molecule has 1 N–H and O–H groups in total. The second-order valence-electron chi connectivity index (χ2n) is 7.55. The molecule has 1 aromatic rings. The van der Waals surface area contributed by atoms with Crippen LogP contribution in [0.4, 0.5) is 0 Å². The van der Waals surface area contributed by atoms with Crippen molar-refractivity contribution in [1.29, 1.82) is 0 Å². The fourth-order valence-corrected chi connectivity index (χ4v) is 4.46. The first kappa shape index (κ1) is 21.7. The van der Waals surface area contributed by atoms with Gasteiger partial charge in [-0.3, -0.25) is 9.59 Å². The van der Waals surface area contributed by atoms with Crippen molar-refractivity contribution in [2.24, 2.45) is 0 Å². The zero-order chi connectivity index (χ0) is 20.8. The lowest BCUT2D eigenvalue weighted by Crippen LogP contribution is -2.57. The number of carbonyl (C=O) groups excluding carboxylic acids is 2. The van der Waals surface area contributed by atoms with Crippen LogP contribution in [0.1, 0.15) is 51.0 Å². The van der Waals surface area contributed by atoms with Crippen LogP contribution in [-0.4, -0.2) is 49.1 Å². The third-order valence-electron chi connectivity index (χ3n) is 5.46. The molecule has 1 aromatic carbocycles. The van der Waals surface area contributed by atoms with Gasteiger partial charge in [-0.25, -0.2) is 0 Å². The van der Waals surface area contributed by atoms with Crippen molar-refractivity contribution in [1.82, 2.24) is 10.2 Å². The minimum Gasteiger partial charge on any atom is -0.496 e. The summed E-state index contributed by atoms with van der Waals surface area (Å²) in [4.78, 5) is 27.3.